The summed E-state index contributed by atoms with van der Waals surface area (Å²) < 4.78 is 54.1. The zero-order valence-corrected chi connectivity index (χ0v) is 18.1. The molecule has 164 valence electrons. The van der Waals surface area contributed by atoms with E-state index in [0.29, 0.717) is 27.6 Å². The van der Waals surface area contributed by atoms with Crippen molar-refractivity contribution in [2.45, 2.75) is 31.3 Å². The van der Waals surface area contributed by atoms with Crippen molar-refractivity contribution < 1.29 is 31.8 Å². The maximum atomic E-state index is 13.1. The van der Waals surface area contributed by atoms with E-state index in [-0.39, 0.29) is 34.2 Å². The Morgan fingerprint density at radius 3 is 2.39 bits per heavy atom. The molecule has 6 nitrogen and oxygen atoms in total. The standard InChI is InChI=1S/C21H18ClF2NO5S/c1-11-15(9-12-3-6-14(7-4-12)31(2,28)29)20(30-21(23)24)25-19-16(22)8-5-13(18(11)19)10-17(26)27/h3-8,21H,9-10H2,1-2H3,(H,26,27). The number of rotatable bonds is 7. The summed E-state index contributed by atoms with van der Waals surface area (Å²) in [6, 6.07) is 9.02. The summed E-state index contributed by atoms with van der Waals surface area (Å²) in [6.45, 7) is -1.47. The van der Waals surface area contributed by atoms with Crippen molar-refractivity contribution in [2.24, 2.45) is 0 Å². The molecule has 0 amide bonds. The zero-order chi connectivity index (χ0) is 22.9. The number of hydrogen-bond donors (Lipinski definition) is 1. The van der Waals surface area contributed by atoms with E-state index < -0.39 is 22.4 Å². The van der Waals surface area contributed by atoms with E-state index >= 15 is 0 Å². The molecule has 0 radical (unpaired) electrons. The minimum Gasteiger partial charge on any atom is -0.481 e. The van der Waals surface area contributed by atoms with Gasteiger partial charge in [-0.05, 0) is 41.8 Å². The van der Waals surface area contributed by atoms with Crippen LogP contribution in [0.3, 0.4) is 0 Å². The molecule has 3 aromatic rings. The molecule has 1 aromatic heterocycles. The van der Waals surface area contributed by atoms with E-state index in [2.05, 4.69) is 9.72 Å². The van der Waals surface area contributed by atoms with Crippen LogP contribution in [0.2, 0.25) is 5.02 Å². The molecular weight excluding hydrogens is 452 g/mol. The van der Waals surface area contributed by atoms with Crippen LogP contribution >= 0.6 is 11.6 Å². The average molecular weight is 470 g/mol. The Labute approximate surface area is 182 Å². The first kappa shape index (κ1) is 22.9. The number of halogens is 3. The van der Waals surface area contributed by atoms with Crippen molar-refractivity contribution >= 4 is 38.3 Å². The number of ether oxygens (including phenoxy) is 1. The molecule has 31 heavy (non-hydrogen) atoms. The normalized spacial score (nSPS) is 11.8. The van der Waals surface area contributed by atoms with E-state index in [1.165, 1.54) is 18.2 Å². The Kier molecular flexibility index (Phi) is 6.47. The number of aromatic nitrogens is 1. The monoisotopic (exact) mass is 469 g/mol. The second kappa shape index (κ2) is 8.76. The maximum absolute atomic E-state index is 13.1. The Bertz CT molecular complexity index is 1260. The molecule has 0 saturated carbocycles. The third kappa shape index (κ3) is 5.11. The summed E-state index contributed by atoms with van der Waals surface area (Å²) in [4.78, 5) is 15.6. The molecule has 0 unspecified atom stereocenters. The van der Waals surface area contributed by atoms with Crippen LogP contribution in [0, 0.1) is 6.92 Å². The number of alkyl halides is 2. The van der Waals surface area contributed by atoms with Crippen molar-refractivity contribution in [3.05, 3.63) is 63.7 Å². The van der Waals surface area contributed by atoms with Crippen LogP contribution in [0.25, 0.3) is 10.9 Å². The quantitative estimate of drug-likeness (QED) is 0.550. The van der Waals surface area contributed by atoms with E-state index in [9.17, 15) is 27.1 Å². The molecule has 0 aliphatic rings. The average Bonchev–Trinajstić information content (AvgIpc) is 2.66. The molecule has 0 atom stereocenters. The van der Waals surface area contributed by atoms with Gasteiger partial charge in [0.05, 0.1) is 21.9 Å². The van der Waals surface area contributed by atoms with Gasteiger partial charge in [0.1, 0.15) is 0 Å². The smallest absolute Gasteiger partial charge is 0.388 e. The third-order valence-electron chi connectivity index (χ3n) is 4.79. The second-order valence-electron chi connectivity index (χ2n) is 6.99. The SMILES string of the molecule is Cc1c(Cc2ccc(S(C)(=O)=O)cc2)c(OC(F)F)nc2c(Cl)ccc(CC(=O)O)c12. The van der Waals surface area contributed by atoms with E-state index in [1.54, 1.807) is 25.1 Å². The van der Waals surface area contributed by atoms with Gasteiger partial charge >= 0.3 is 12.6 Å². The third-order valence-corrected chi connectivity index (χ3v) is 6.22. The summed E-state index contributed by atoms with van der Waals surface area (Å²) in [5.41, 5.74) is 2.08. The molecule has 0 aliphatic heterocycles. The summed E-state index contributed by atoms with van der Waals surface area (Å²) in [6.07, 6.45) is 0.898. The zero-order valence-electron chi connectivity index (χ0n) is 16.5. The molecule has 0 bridgehead atoms. The van der Waals surface area contributed by atoms with Crippen LogP contribution in [-0.4, -0.2) is 37.3 Å². The number of nitrogens with zero attached hydrogens (tertiary/aromatic N) is 1. The summed E-state index contributed by atoms with van der Waals surface area (Å²) in [7, 11) is -3.38. The Morgan fingerprint density at radius 1 is 1.19 bits per heavy atom. The number of fused-ring (bicyclic) bond motifs is 1. The first-order valence-electron chi connectivity index (χ1n) is 9.03. The molecule has 0 spiro atoms. The number of benzene rings is 2. The number of aryl methyl sites for hydroxylation is 1. The van der Waals surface area contributed by atoms with Crippen LogP contribution in [0.15, 0.2) is 41.3 Å². The predicted molar refractivity (Wildman–Crippen MR) is 112 cm³/mol. The molecule has 0 saturated heterocycles. The van der Waals surface area contributed by atoms with Gasteiger partial charge in [-0.2, -0.15) is 8.78 Å². The molecule has 1 heterocycles. The van der Waals surface area contributed by atoms with Gasteiger partial charge in [-0.1, -0.05) is 29.8 Å². The predicted octanol–water partition coefficient (Wildman–Crippen LogP) is 4.42. The van der Waals surface area contributed by atoms with Gasteiger partial charge in [-0.15, -0.1) is 0 Å². The maximum Gasteiger partial charge on any atom is 0.388 e. The molecule has 0 aliphatic carbocycles. The number of carbonyl (C=O) groups is 1. The molecule has 1 N–H and O–H groups in total. The summed E-state index contributed by atoms with van der Waals surface area (Å²) >= 11 is 6.21. The number of pyridine rings is 1. The highest BCUT2D eigenvalue weighted by Crippen LogP contribution is 2.36. The van der Waals surface area contributed by atoms with Crippen LogP contribution in [-0.2, 0) is 27.5 Å². The minimum absolute atomic E-state index is 0.111. The highest BCUT2D eigenvalue weighted by Gasteiger charge is 2.21. The Morgan fingerprint density at radius 2 is 1.84 bits per heavy atom. The fourth-order valence-electron chi connectivity index (χ4n) is 3.37. The lowest BCUT2D eigenvalue weighted by Gasteiger charge is -2.17. The summed E-state index contributed by atoms with van der Waals surface area (Å²) in [5.74, 6) is -1.38. The lowest BCUT2D eigenvalue weighted by molar-refractivity contribution is -0.136. The van der Waals surface area contributed by atoms with Crippen molar-refractivity contribution in [1.82, 2.24) is 4.98 Å². The first-order chi connectivity index (χ1) is 14.5. The number of sulfone groups is 1. The van der Waals surface area contributed by atoms with Crippen LogP contribution < -0.4 is 4.74 Å². The van der Waals surface area contributed by atoms with Crippen molar-refractivity contribution in [1.29, 1.82) is 0 Å². The van der Waals surface area contributed by atoms with Gasteiger partial charge in [-0.25, -0.2) is 13.4 Å². The van der Waals surface area contributed by atoms with Gasteiger partial charge in [0.25, 0.3) is 0 Å². The number of carboxylic acids is 1. The Hall–Kier alpha value is -2.78. The number of carboxylic acid groups (broad SMARTS) is 1. The second-order valence-corrected chi connectivity index (χ2v) is 9.42. The largest absolute Gasteiger partial charge is 0.481 e. The van der Waals surface area contributed by atoms with E-state index in [1.807, 2.05) is 0 Å². The molecule has 3 rings (SSSR count). The topological polar surface area (TPSA) is 93.6 Å². The highest BCUT2D eigenvalue weighted by molar-refractivity contribution is 7.90. The van der Waals surface area contributed by atoms with Crippen molar-refractivity contribution in [3.63, 3.8) is 0 Å². The first-order valence-corrected chi connectivity index (χ1v) is 11.3. The fourth-order valence-corrected chi connectivity index (χ4v) is 4.20. The van der Waals surface area contributed by atoms with E-state index in [0.717, 1.165) is 6.26 Å². The van der Waals surface area contributed by atoms with Crippen LogP contribution in [0.4, 0.5) is 8.78 Å². The summed E-state index contributed by atoms with van der Waals surface area (Å²) in [5, 5.41) is 9.86. The molecule has 2 aromatic carbocycles. The van der Waals surface area contributed by atoms with Crippen LogP contribution in [0.1, 0.15) is 22.3 Å². The van der Waals surface area contributed by atoms with Crippen molar-refractivity contribution in [2.75, 3.05) is 6.26 Å². The molecular formula is C21H18ClF2NO5S. The van der Waals surface area contributed by atoms with E-state index in [4.69, 9.17) is 11.6 Å². The van der Waals surface area contributed by atoms with Crippen molar-refractivity contribution in [3.8, 4) is 5.88 Å². The fraction of sp³-hybridized carbons (Fsp3) is 0.238. The minimum atomic E-state index is -3.38. The highest BCUT2D eigenvalue weighted by atomic mass is 35.5. The number of hydrogen-bond acceptors (Lipinski definition) is 5. The van der Waals surface area contributed by atoms with Gasteiger partial charge in [0.2, 0.25) is 5.88 Å². The van der Waals surface area contributed by atoms with Crippen LogP contribution in [0.5, 0.6) is 5.88 Å². The molecule has 0 fully saturated rings. The lowest BCUT2D eigenvalue weighted by atomic mass is 9.94. The number of aliphatic carboxylic acids is 1. The van der Waals surface area contributed by atoms with Gasteiger partial charge in [0.15, 0.2) is 9.84 Å². The van der Waals surface area contributed by atoms with Gasteiger partial charge in [0, 0.05) is 23.6 Å². The van der Waals surface area contributed by atoms with Gasteiger partial charge < -0.3 is 9.84 Å². The Balaban J connectivity index is 2.20. The van der Waals surface area contributed by atoms with Gasteiger partial charge in [-0.3, -0.25) is 4.79 Å². The lowest BCUT2D eigenvalue weighted by Crippen LogP contribution is -2.10. The molecule has 10 heteroatoms.